The van der Waals surface area contributed by atoms with Crippen molar-refractivity contribution in [3.63, 3.8) is 0 Å². The van der Waals surface area contributed by atoms with E-state index in [-0.39, 0.29) is 5.75 Å². The molecule has 0 atom stereocenters. The molecule has 0 bridgehead atoms. The number of phenols is 1. The van der Waals surface area contributed by atoms with Crippen LogP contribution >= 0.6 is 0 Å². The van der Waals surface area contributed by atoms with Crippen LogP contribution in [-0.2, 0) is 0 Å². The van der Waals surface area contributed by atoms with E-state index in [0.29, 0.717) is 0 Å². The van der Waals surface area contributed by atoms with Crippen molar-refractivity contribution in [3.8, 4) is 17.2 Å². The number of fused-ring (bicyclic) bond motifs is 1. The highest BCUT2D eigenvalue weighted by Crippen LogP contribution is 2.26. The second kappa shape index (κ2) is 4.27. The zero-order valence-electron chi connectivity index (χ0n) is 10.4. The van der Waals surface area contributed by atoms with Crippen molar-refractivity contribution in [2.75, 3.05) is 0 Å². The van der Waals surface area contributed by atoms with Gasteiger partial charge >= 0.3 is 0 Å². The first kappa shape index (κ1) is 11.8. The maximum Gasteiger partial charge on any atom is 0.131 e. The van der Waals surface area contributed by atoms with E-state index in [1.807, 2.05) is 30.3 Å². The predicted octanol–water partition coefficient (Wildman–Crippen LogP) is 3.77. The molecule has 0 aromatic heterocycles. The maximum atomic E-state index is 9.92. The average Bonchev–Trinajstić information content (AvgIpc) is 2.26. The molecule has 0 saturated heterocycles. The summed E-state index contributed by atoms with van der Waals surface area (Å²) in [6.07, 6.45) is 0. The Bertz CT molecular complexity index is 612. The molecule has 0 unspecified atom stereocenters. The maximum absolute atomic E-state index is 9.92. The smallest absolute Gasteiger partial charge is 0.131 e. The molecule has 0 amide bonds. The van der Waals surface area contributed by atoms with Crippen molar-refractivity contribution in [3.05, 3.63) is 42.0 Å². The topological polar surface area (TPSA) is 20.2 Å². The molecular formula is C15H16OSi. The van der Waals surface area contributed by atoms with E-state index in [9.17, 15) is 5.11 Å². The summed E-state index contributed by atoms with van der Waals surface area (Å²) in [5.41, 5.74) is 4.06. The Hall–Kier alpha value is -1.72. The molecule has 2 heteroatoms. The number of rotatable bonds is 0. The molecule has 0 saturated carbocycles. The van der Waals surface area contributed by atoms with Crippen LogP contribution in [-0.4, -0.2) is 13.2 Å². The number of hydrogen-bond donors (Lipinski definition) is 1. The standard InChI is InChI=1S/C15H16OSi/c1-17(2,3)11-10-14-13-7-5-4-6-12(13)8-9-15(14)16/h4-9,16H,1-3H3. The summed E-state index contributed by atoms with van der Waals surface area (Å²) < 4.78 is 0. The van der Waals surface area contributed by atoms with Gasteiger partial charge in [-0.3, -0.25) is 0 Å². The second-order valence-corrected chi connectivity index (χ2v) is 9.93. The molecule has 0 radical (unpaired) electrons. The number of hydrogen-bond acceptors (Lipinski definition) is 1. The Kier molecular flexibility index (Phi) is 2.95. The van der Waals surface area contributed by atoms with Gasteiger partial charge in [0, 0.05) is 5.39 Å². The lowest BCUT2D eigenvalue weighted by molar-refractivity contribution is 0.474. The first-order valence-corrected chi connectivity index (χ1v) is 9.21. The Morgan fingerprint density at radius 2 is 1.71 bits per heavy atom. The Balaban J connectivity index is 2.66. The van der Waals surface area contributed by atoms with Crippen molar-refractivity contribution >= 4 is 18.8 Å². The fraction of sp³-hybridized carbons (Fsp3) is 0.200. The van der Waals surface area contributed by atoms with E-state index < -0.39 is 8.07 Å². The molecule has 0 fully saturated rings. The molecule has 0 aliphatic carbocycles. The first-order valence-electron chi connectivity index (χ1n) is 5.71. The molecule has 0 aliphatic heterocycles. The van der Waals surface area contributed by atoms with Crippen LogP contribution in [0.25, 0.3) is 10.8 Å². The normalized spacial score (nSPS) is 11.0. The highest BCUT2D eigenvalue weighted by molar-refractivity contribution is 6.83. The van der Waals surface area contributed by atoms with Crippen LogP contribution in [0.15, 0.2) is 36.4 Å². The third-order valence-electron chi connectivity index (χ3n) is 2.47. The molecule has 86 valence electrons. The largest absolute Gasteiger partial charge is 0.507 e. The first-order chi connectivity index (χ1) is 7.97. The zero-order valence-corrected chi connectivity index (χ0v) is 11.4. The Labute approximate surface area is 103 Å². The molecule has 2 aromatic carbocycles. The van der Waals surface area contributed by atoms with Gasteiger partial charge in [0.05, 0.1) is 5.56 Å². The van der Waals surface area contributed by atoms with Crippen molar-refractivity contribution in [2.24, 2.45) is 0 Å². The van der Waals surface area contributed by atoms with Crippen molar-refractivity contribution in [1.82, 2.24) is 0 Å². The monoisotopic (exact) mass is 240 g/mol. The lowest BCUT2D eigenvalue weighted by Crippen LogP contribution is -2.16. The lowest BCUT2D eigenvalue weighted by atomic mass is 10.0. The summed E-state index contributed by atoms with van der Waals surface area (Å²) in [7, 11) is -1.42. The number of aromatic hydroxyl groups is 1. The second-order valence-electron chi connectivity index (χ2n) is 5.18. The molecule has 1 nitrogen and oxygen atoms in total. The molecular weight excluding hydrogens is 224 g/mol. The Morgan fingerprint density at radius 3 is 2.41 bits per heavy atom. The van der Waals surface area contributed by atoms with E-state index in [4.69, 9.17) is 0 Å². The van der Waals surface area contributed by atoms with Gasteiger partial charge in [-0.1, -0.05) is 55.9 Å². The zero-order chi connectivity index (χ0) is 12.5. The van der Waals surface area contributed by atoms with E-state index in [1.165, 1.54) is 0 Å². The minimum absolute atomic E-state index is 0.273. The van der Waals surface area contributed by atoms with Crippen molar-refractivity contribution in [2.45, 2.75) is 19.6 Å². The van der Waals surface area contributed by atoms with Crippen LogP contribution in [0.2, 0.25) is 19.6 Å². The van der Waals surface area contributed by atoms with Gasteiger partial charge < -0.3 is 5.11 Å². The van der Waals surface area contributed by atoms with Gasteiger partial charge in [-0.25, -0.2) is 0 Å². The molecule has 2 aromatic rings. The summed E-state index contributed by atoms with van der Waals surface area (Å²) in [4.78, 5) is 0. The summed E-state index contributed by atoms with van der Waals surface area (Å²) in [5.74, 6) is 3.43. The van der Waals surface area contributed by atoms with E-state index in [2.05, 4.69) is 31.1 Å². The van der Waals surface area contributed by atoms with Crippen LogP contribution in [0.3, 0.4) is 0 Å². The van der Waals surface area contributed by atoms with Crippen molar-refractivity contribution in [1.29, 1.82) is 0 Å². The molecule has 2 rings (SSSR count). The van der Waals surface area contributed by atoms with Gasteiger partial charge in [0.25, 0.3) is 0 Å². The number of phenolic OH excluding ortho intramolecular Hbond substituents is 1. The average molecular weight is 240 g/mol. The van der Waals surface area contributed by atoms with Crippen LogP contribution in [0.4, 0.5) is 0 Å². The van der Waals surface area contributed by atoms with E-state index >= 15 is 0 Å². The van der Waals surface area contributed by atoms with Crippen LogP contribution in [0, 0.1) is 11.5 Å². The molecule has 17 heavy (non-hydrogen) atoms. The number of benzene rings is 2. The summed E-state index contributed by atoms with van der Waals surface area (Å²) in [6, 6.07) is 11.6. The van der Waals surface area contributed by atoms with E-state index in [1.54, 1.807) is 6.07 Å². The van der Waals surface area contributed by atoms with Crippen LogP contribution in [0.1, 0.15) is 5.56 Å². The van der Waals surface area contributed by atoms with Crippen LogP contribution < -0.4 is 0 Å². The lowest BCUT2D eigenvalue weighted by Gasteiger charge is -2.06. The fourth-order valence-electron chi connectivity index (χ4n) is 1.64. The van der Waals surface area contributed by atoms with Crippen molar-refractivity contribution < 1.29 is 5.11 Å². The SMILES string of the molecule is C[Si](C)(C)C#Cc1c(O)ccc2ccccc12. The minimum atomic E-state index is -1.42. The summed E-state index contributed by atoms with van der Waals surface area (Å²) >= 11 is 0. The van der Waals surface area contributed by atoms with Gasteiger partial charge in [0.1, 0.15) is 13.8 Å². The third kappa shape index (κ3) is 2.69. The van der Waals surface area contributed by atoms with E-state index in [0.717, 1.165) is 16.3 Å². The predicted molar refractivity (Wildman–Crippen MR) is 75.8 cm³/mol. The molecule has 0 heterocycles. The summed E-state index contributed by atoms with van der Waals surface area (Å²) in [6.45, 7) is 6.59. The van der Waals surface area contributed by atoms with Gasteiger partial charge in [-0.2, -0.15) is 0 Å². The minimum Gasteiger partial charge on any atom is -0.507 e. The molecule has 0 spiro atoms. The van der Waals surface area contributed by atoms with Gasteiger partial charge in [-0.15, -0.1) is 5.54 Å². The highest BCUT2D eigenvalue weighted by Gasteiger charge is 2.09. The summed E-state index contributed by atoms with van der Waals surface area (Å²) in [5, 5.41) is 12.1. The van der Waals surface area contributed by atoms with Crippen LogP contribution in [0.5, 0.6) is 5.75 Å². The Morgan fingerprint density at radius 1 is 1.00 bits per heavy atom. The highest BCUT2D eigenvalue weighted by atomic mass is 28.3. The fourth-order valence-corrected chi connectivity index (χ4v) is 2.14. The molecule has 1 N–H and O–H groups in total. The third-order valence-corrected chi connectivity index (χ3v) is 3.34. The van der Waals surface area contributed by atoms with Gasteiger partial charge in [-0.05, 0) is 11.5 Å². The molecule has 0 aliphatic rings. The van der Waals surface area contributed by atoms with Gasteiger partial charge in [0.15, 0.2) is 0 Å². The van der Waals surface area contributed by atoms with Gasteiger partial charge in [0.2, 0.25) is 0 Å². The quantitative estimate of drug-likeness (QED) is 0.549.